The lowest BCUT2D eigenvalue weighted by atomic mass is 10.3. The summed E-state index contributed by atoms with van der Waals surface area (Å²) >= 11 is 0. The Hall–Kier alpha value is -0.990. The van der Waals surface area contributed by atoms with Gasteiger partial charge in [-0.1, -0.05) is 19.4 Å². The van der Waals surface area contributed by atoms with Gasteiger partial charge < -0.3 is 10.6 Å². The van der Waals surface area contributed by atoms with Crippen LogP contribution in [-0.2, 0) is 0 Å². The molecule has 1 unspecified atom stereocenters. The molecule has 0 aromatic rings. The van der Waals surface area contributed by atoms with E-state index in [0.717, 1.165) is 19.4 Å². The number of carbonyl (C=O) groups excluding carboxylic acids is 1. The predicted molar refractivity (Wildman–Crippen MR) is 51.1 cm³/mol. The second kappa shape index (κ2) is 6.70. The van der Waals surface area contributed by atoms with Crippen LogP contribution in [0.3, 0.4) is 0 Å². The molecule has 0 aliphatic rings. The average Bonchev–Trinajstić information content (AvgIpc) is 2.05. The summed E-state index contributed by atoms with van der Waals surface area (Å²) in [6.07, 6.45) is 3.81. The lowest BCUT2D eigenvalue weighted by Gasteiger charge is -2.09. The van der Waals surface area contributed by atoms with Gasteiger partial charge in [0.2, 0.25) is 0 Å². The number of hydrogen-bond acceptors (Lipinski definition) is 1. The van der Waals surface area contributed by atoms with Crippen molar-refractivity contribution in [3.05, 3.63) is 12.7 Å². The Morgan fingerprint density at radius 1 is 1.67 bits per heavy atom. The molecule has 2 N–H and O–H groups in total. The van der Waals surface area contributed by atoms with Crippen LogP contribution >= 0.6 is 0 Å². The van der Waals surface area contributed by atoms with Crippen molar-refractivity contribution in [3.63, 3.8) is 0 Å². The normalized spacial score (nSPS) is 11.8. The van der Waals surface area contributed by atoms with Crippen LogP contribution in [0.15, 0.2) is 12.7 Å². The summed E-state index contributed by atoms with van der Waals surface area (Å²) in [6, 6.07) is -0.0810. The Bertz CT molecular complexity index is 145. The van der Waals surface area contributed by atoms with Gasteiger partial charge in [-0.2, -0.15) is 0 Å². The van der Waals surface area contributed by atoms with Crippen LogP contribution in [0.25, 0.3) is 0 Å². The number of carbonyl (C=O) groups is 1. The summed E-state index contributed by atoms with van der Waals surface area (Å²) in [5.41, 5.74) is 0. The minimum absolute atomic E-state index is 0.0339. The van der Waals surface area contributed by atoms with E-state index in [0.29, 0.717) is 0 Å². The molecule has 0 bridgehead atoms. The van der Waals surface area contributed by atoms with Crippen molar-refractivity contribution in [2.45, 2.75) is 32.7 Å². The van der Waals surface area contributed by atoms with E-state index in [1.807, 2.05) is 6.92 Å². The van der Waals surface area contributed by atoms with Gasteiger partial charge in [-0.05, 0) is 13.3 Å². The molecule has 0 rings (SSSR count). The van der Waals surface area contributed by atoms with Crippen molar-refractivity contribution in [1.82, 2.24) is 10.6 Å². The molecule has 1 atom stereocenters. The van der Waals surface area contributed by atoms with Gasteiger partial charge in [-0.15, -0.1) is 6.58 Å². The van der Waals surface area contributed by atoms with Crippen LogP contribution in [0.5, 0.6) is 0 Å². The average molecular weight is 170 g/mol. The highest BCUT2D eigenvalue weighted by atomic mass is 16.2. The largest absolute Gasteiger partial charge is 0.338 e. The number of amides is 2. The Morgan fingerprint density at radius 2 is 2.33 bits per heavy atom. The fourth-order valence-corrected chi connectivity index (χ4v) is 0.695. The van der Waals surface area contributed by atoms with Crippen LogP contribution in [0.2, 0.25) is 0 Å². The van der Waals surface area contributed by atoms with E-state index >= 15 is 0 Å². The van der Waals surface area contributed by atoms with E-state index in [1.54, 1.807) is 6.08 Å². The fraction of sp³-hybridized carbons (Fsp3) is 0.667. The van der Waals surface area contributed by atoms with Crippen LogP contribution in [-0.4, -0.2) is 18.6 Å². The van der Waals surface area contributed by atoms with E-state index in [9.17, 15) is 4.79 Å². The van der Waals surface area contributed by atoms with Gasteiger partial charge in [0.25, 0.3) is 0 Å². The number of nitrogens with one attached hydrogen (secondary N) is 2. The van der Waals surface area contributed by atoms with Crippen LogP contribution in [0.4, 0.5) is 4.79 Å². The molecule has 0 spiro atoms. The molecular weight excluding hydrogens is 152 g/mol. The molecule has 0 aliphatic carbocycles. The minimum Gasteiger partial charge on any atom is -0.338 e. The lowest BCUT2D eigenvalue weighted by molar-refractivity contribution is 0.239. The van der Waals surface area contributed by atoms with Crippen molar-refractivity contribution in [2.75, 3.05) is 6.54 Å². The van der Waals surface area contributed by atoms with Crippen molar-refractivity contribution in [2.24, 2.45) is 0 Å². The first-order chi connectivity index (χ1) is 5.70. The third kappa shape index (κ3) is 5.77. The van der Waals surface area contributed by atoms with Crippen LogP contribution in [0, 0.1) is 0 Å². The Kier molecular flexibility index (Phi) is 6.15. The molecule has 3 nitrogen and oxygen atoms in total. The van der Waals surface area contributed by atoms with Gasteiger partial charge in [0, 0.05) is 12.6 Å². The maximum Gasteiger partial charge on any atom is 0.315 e. The van der Waals surface area contributed by atoms with E-state index in [2.05, 4.69) is 24.1 Å². The number of hydrogen-bond donors (Lipinski definition) is 2. The summed E-state index contributed by atoms with van der Waals surface area (Å²) in [6.45, 7) is 8.28. The van der Waals surface area contributed by atoms with E-state index < -0.39 is 0 Å². The Morgan fingerprint density at radius 3 is 2.83 bits per heavy atom. The first kappa shape index (κ1) is 11.0. The topological polar surface area (TPSA) is 41.1 Å². The quantitative estimate of drug-likeness (QED) is 0.478. The molecule has 70 valence electrons. The van der Waals surface area contributed by atoms with Gasteiger partial charge in [0.1, 0.15) is 0 Å². The summed E-state index contributed by atoms with van der Waals surface area (Å²) in [7, 11) is 0. The molecule has 2 amide bonds. The molecule has 3 heteroatoms. The lowest BCUT2D eigenvalue weighted by Crippen LogP contribution is -2.40. The van der Waals surface area contributed by atoms with Gasteiger partial charge in [0.15, 0.2) is 0 Å². The number of rotatable bonds is 5. The first-order valence-electron chi connectivity index (χ1n) is 4.37. The van der Waals surface area contributed by atoms with Gasteiger partial charge in [-0.25, -0.2) is 4.79 Å². The van der Waals surface area contributed by atoms with Crippen molar-refractivity contribution >= 4 is 6.03 Å². The molecule has 0 saturated carbocycles. The zero-order chi connectivity index (χ0) is 9.40. The fourth-order valence-electron chi connectivity index (χ4n) is 0.695. The van der Waals surface area contributed by atoms with Crippen molar-refractivity contribution in [3.8, 4) is 0 Å². The highest BCUT2D eigenvalue weighted by Gasteiger charge is 2.00. The predicted octanol–water partition coefficient (Wildman–Crippen LogP) is 1.66. The second-order valence-corrected chi connectivity index (χ2v) is 2.78. The summed E-state index contributed by atoms with van der Waals surface area (Å²) in [4.78, 5) is 11.0. The van der Waals surface area contributed by atoms with E-state index in [1.165, 1.54) is 0 Å². The monoisotopic (exact) mass is 170 g/mol. The Balaban J connectivity index is 3.39. The molecular formula is C9H18N2O. The first-order valence-corrected chi connectivity index (χ1v) is 4.37. The SMILES string of the molecule is C=CC(C)NC(=O)NCCCC. The third-order valence-corrected chi connectivity index (χ3v) is 1.53. The Labute approximate surface area is 74.2 Å². The van der Waals surface area contributed by atoms with E-state index in [4.69, 9.17) is 0 Å². The summed E-state index contributed by atoms with van der Waals surface area (Å²) in [5.74, 6) is 0. The standard InChI is InChI=1S/C9H18N2O/c1-4-6-7-10-9(12)11-8(3)5-2/h5,8H,2,4,6-7H2,1,3H3,(H2,10,11,12). The summed E-state index contributed by atoms with van der Waals surface area (Å²) < 4.78 is 0. The van der Waals surface area contributed by atoms with Crippen molar-refractivity contribution in [1.29, 1.82) is 0 Å². The highest BCUT2D eigenvalue weighted by Crippen LogP contribution is 1.84. The molecule has 0 heterocycles. The van der Waals surface area contributed by atoms with Gasteiger partial charge in [-0.3, -0.25) is 0 Å². The molecule has 0 aliphatic heterocycles. The maximum absolute atomic E-state index is 11.0. The summed E-state index contributed by atoms with van der Waals surface area (Å²) in [5, 5.41) is 5.47. The molecule has 0 aromatic heterocycles. The highest BCUT2D eigenvalue weighted by molar-refractivity contribution is 5.74. The molecule has 0 fully saturated rings. The molecule has 0 radical (unpaired) electrons. The smallest absolute Gasteiger partial charge is 0.315 e. The number of unbranched alkanes of at least 4 members (excludes halogenated alkanes) is 1. The van der Waals surface area contributed by atoms with E-state index in [-0.39, 0.29) is 12.1 Å². The zero-order valence-electron chi connectivity index (χ0n) is 7.89. The van der Waals surface area contributed by atoms with Gasteiger partial charge in [0.05, 0.1) is 0 Å². The van der Waals surface area contributed by atoms with Crippen LogP contribution < -0.4 is 10.6 Å². The maximum atomic E-state index is 11.0. The molecule has 0 saturated heterocycles. The zero-order valence-corrected chi connectivity index (χ0v) is 7.89. The van der Waals surface area contributed by atoms with Gasteiger partial charge >= 0.3 is 6.03 Å². The van der Waals surface area contributed by atoms with Crippen LogP contribution in [0.1, 0.15) is 26.7 Å². The van der Waals surface area contributed by atoms with Crippen molar-refractivity contribution < 1.29 is 4.79 Å². The third-order valence-electron chi connectivity index (χ3n) is 1.53. The molecule has 12 heavy (non-hydrogen) atoms. The second-order valence-electron chi connectivity index (χ2n) is 2.78. The number of urea groups is 1. The minimum atomic E-state index is -0.115. The molecule has 0 aromatic carbocycles.